The van der Waals surface area contributed by atoms with Crippen LogP contribution in [0.5, 0.6) is 5.75 Å². The van der Waals surface area contributed by atoms with Crippen LogP contribution in [-0.4, -0.2) is 31.8 Å². The minimum absolute atomic E-state index is 0.228. The first-order chi connectivity index (χ1) is 14.9. The molecule has 3 rings (SSSR count). The lowest BCUT2D eigenvalue weighted by Gasteiger charge is -2.20. The fourth-order valence-electron chi connectivity index (χ4n) is 3.11. The maximum absolute atomic E-state index is 12.9. The number of nitrogens with one attached hydrogen (secondary N) is 1. The van der Waals surface area contributed by atoms with Gasteiger partial charge in [-0.25, -0.2) is 8.42 Å². The van der Waals surface area contributed by atoms with E-state index in [0.717, 1.165) is 5.56 Å². The normalized spacial score (nSPS) is 11.3. The first-order valence-corrected chi connectivity index (χ1v) is 11.6. The van der Waals surface area contributed by atoms with Crippen molar-refractivity contribution in [3.05, 3.63) is 90.0 Å². The van der Waals surface area contributed by atoms with E-state index in [0.29, 0.717) is 30.2 Å². The van der Waals surface area contributed by atoms with Crippen LogP contribution >= 0.6 is 0 Å². The monoisotopic (exact) mass is 438 g/mol. The number of amides is 1. The van der Waals surface area contributed by atoms with E-state index in [2.05, 4.69) is 5.32 Å². The number of carbonyl (C=O) groups excluding carboxylic acids is 1. The van der Waals surface area contributed by atoms with Gasteiger partial charge in [0.1, 0.15) is 5.75 Å². The van der Waals surface area contributed by atoms with E-state index in [4.69, 9.17) is 4.74 Å². The zero-order valence-electron chi connectivity index (χ0n) is 17.6. The molecule has 0 saturated carbocycles. The van der Waals surface area contributed by atoms with Crippen LogP contribution in [0.2, 0.25) is 0 Å². The molecule has 0 aliphatic rings. The Morgan fingerprint density at radius 1 is 0.935 bits per heavy atom. The number of benzene rings is 3. The molecule has 0 heterocycles. The van der Waals surface area contributed by atoms with Gasteiger partial charge in [-0.05, 0) is 48.9 Å². The molecule has 0 saturated heterocycles. The molecule has 1 N–H and O–H groups in total. The van der Waals surface area contributed by atoms with Crippen molar-refractivity contribution in [3.8, 4) is 5.75 Å². The second kappa shape index (κ2) is 10.2. The van der Waals surface area contributed by atoms with E-state index in [1.165, 1.54) is 4.31 Å². The molecule has 0 aliphatic heterocycles. The van der Waals surface area contributed by atoms with Gasteiger partial charge in [0.25, 0.3) is 5.91 Å². The molecular weight excluding hydrogens is 412 g/mol. The molecule has 3 aromatic rings. The third kappa shape index (κ3) is 5.71. The maximum Gasteiger partial charge on any atom is 0.255 e. The van der Waals surface area contributed by atoms with Crippen molar-refractivity contribution in [3.63, 3.8) is 0 Å². The van der Waals surface area contributed by atoms with Crippen molar-refractivity contribution in [1.82, 2.24) is 4.31 Å². The molecule has 162 valence electrons. The number of anilines is 1. The number of ether oxygens (including phenoxy) is 1. The van der Waals surface area contributed by atoms with E-state index < -0.39 is 10.0 Å². The van der Waals surface area contributed by atoms with Gasteiger partial charge in [-0.1, -0.05) is 43.3 Å². The Morgan fingerprint density at radius 3 is 2.29 bits per heavy atom. The van der Waals surface area contributed by atoms with Crippen molar-refractivity contribution in [2.45, 2.75) is 25.3 Å². The summed E-state index contributed by atoms with van der Waals surface area (Å²) in [6.07, 6.45) is 0. The minimum atomic E-state index is -3.58. The fourth-order valence-corrected chi connectivity index (χ4v) is 4.57. The lowest BCUT2D eigenvalue weighted by atomic mass is 10.1. The van der Waals surface area contributed by atoms with Gasteiger partial charge in [0, 0.05) is 30.4 Å². The van der Waals surface area contributed by atoms with Crippen LogP contribution in [0.3, 0.4) is 0 Å². The average Bonchev–Trinajstić information content (AvgIpc) is 2.79. The van der Waals surface area contributed by atoms with Crippen LogP contribution < -0.4 is 10.1 Å². The summed E-state index contributed by atoms with van der Waals surface area (Å²) in [5, 5.41) is 2.85. The van der Waals surface area contributed by atoms with Gasteiger partial charge in [0.05, 0.1) is 11.5 Å². The summed E-state index contributed by atoms with van der Waals surface area (Å²) < 4.78 is 32.6. The minimum Gasteiger partial charge on any atom is -0.494 e. The number of hydrogen-bond acceptors (Lipinski definition) is 4. The predicted octanol–water partition coefficient (Wildman–Crippen LogP) is 4.55. The van der Waals surface area contributed by atoms with Crippen LogP contribution in [0.15, 0.2) is 83.8 Å². The molecule has 1 amide bonds. The molecule has 0 fully saturated rings. The second-order valence-electron chi connectivity index (χ2n) is 6.86. The smallest absolute Gasteiger partial charge is 0.255 e. The largest absolute Gasteiger partial charge is 0.494 e. The van der Waals surface area contributed by atoms with Crippen molar-refractivity contribution < 1.29 is 17.9 Å². The molecule has 0 radical (unpaired) electrons. The van der Waals surface area contributed by atoms with Crippen molar-refractivity contribution in [1.29, 1.82) is 0 Å². The van der Waals surface area contributed by atoms with Gasteiger partial charge in [-0.3, -0.25) is 4.79 Å². The fraction of sp³-hybridized carbons (Fsp3) is 0.208. The molecular formula is C24H26N2O4S. The second-order valence-corrected chi connectivity index (χ2v) is 8.79. The Hall–Kier alpha value is -3.16. The summed E-state index contributed by atoms with van der Waals surface area (Å²) in [6.45, 7) is 4.82. The summed E-state index contributed by atoms with van der Waals surface area (Å²) in [4.78, 5) is 12.8. The third-order valence-electron chi connectivity index (χ3n) is 4.71. The number of carbonyl (C=O) groups is 1. The topological polar surface area (TPSA) is 75.7 Å². The van der Waals surface area contributed by atoms with Gasteiger partial charge < -0.3 is 10.1 Å². The molecule has 6 nitrogen and oxygen atoms in total. The highest BCUT2D eigenvalue weighted by Gasteiger charge is 2.23. The van der Waals surface area contributed by atoms with E-state index in [1.807, 2.05) is 19.1 Å². The number of sulfonamides is 1. The lowest BCUT2D eigenvalue weighted by molar-refractivity contribution is 0.102. The quantitative estimate of drug-likeness (QED) is 0.532. The zero-order chi connectivity index (χ0) is 22.3. The lowest BCUT2D eigenvalue weighted by Crippen LogP contribution is -2.30. The summed E-state index contributed by atoms with van der Waals surface area (Å²) in [6, 6.07) is 22.5. The Kier molecular flexibility index (Phi) is 7.44. The molecule has 7 heteroatoms. The Labute approximate surface area is 183 Å². The number of hydrogen-bond donors (Lipinski definition) is 1. The van der Waals surface area contributed by atoms with E-state index in [-0.39, 0.29) is 17.3 Å². The Bertz CT molecular complexity index is 1110. The zero-order valence-corrected chi connectivity index (χ0v) is 18.4. The first-order valence-electron chi connectivity index (χ1n) is 10.1. The Morgan fingerprint density at radius 2 is 1.65 bits per heavy atom. The standard InChI is InChI=1S/C24H26N2O4S/c1-3-26(31(28,29)23-11-6-5-7-12-23)18-19-13-15-20(16-14-19)24(27)25-21-9-8-10-22(17-21)30-4-2/h5-17H,3-4,18H2,1-2H3,(H,25,27). The van der Waals surface area contributed by atoms with Crippen molar-refractivity contribution in [2.75, 3.05) is 18.5 Å². The van der Waals surface area contributed by atoms with Crippen LogP contribution in [-0.2, 0) is 16.6 Å². The molecule has 0 atom stereocenters. The Balaban J connectivity index is 1.69. The van der Waals surface area contributed by atoms with Gasteiger partial charge in [0.15, 0.2) is 0 Å². The summed E-state index contributed by atoms with van der Waals surface area (Å²) in [7, 11) is -3.58. The molecule has 0 bridgehead atoms. The van der Waals surface area contributed by atoms with Crippen molar-refractivity contribution in [2.24, 2.45) is 0 Å². The van der Waals surface area contributed by atoms with Crippen molar-refractivity contribution >= 4 is 21.6 Å². The van der Waals surface area contributed by atoms with Crippen LogP contribution in [0, 0.1) is 0 Å². The number of rotatable bonds is 9. The molecule has 31 heavy (non-hydrogen) atoms. The molecule has 3 aromatic carbocycles. The first kappa shape index (κ1) is 22.5. The van der Waals surface area contributed by atoms with Crippen LogP contribution in [0.1, 0.15) is 29.8 Å². The van der Waals surface area contributed by atoms with Gasteiger partial charge in [-0.2, -0.15) is 4.31 Å². The highest BCUT2D eigenvalue weighted by atomic mass is 32.2. The maximum atomic E-state index is 12.9. The highest BCUT2D eigenvalue weighted by Crippen LogP contribution is 2.20. The SMILES string of the molecule is CCOc1cccc(NC(=O)c2ccc(CN(CC)S(=O)(=O)c3ccccc3)cc2)c1. The molecule has 0 aliphatic carbocycles. The average molecular weight is 439 g/mol. The van der Waals surface area contributed by atoms with E-state index in [1.54, 1.807) is 73.7 Å². The van der Waals surface area contributed by atoms with Gasteiger partial charge >= 0.3 is 0 Å². The van der Waals surface area contributed by atoms with Gasteiger partial charge in [0.2, 0.25) is 10.0 Å². The number of nitrogens with zero attached hydrogens (tertiary/aromatic N) is 1. The molecule has 0 aromatic heterocycles. The van der Waals surface area contributed by atoms with E-state index in [9.17, 15) is 13.2 Å². The summed E-state index contributed by atoms with van der Waals surface area (Å²) in [5.41, 5.74) is 1.93. The van der Waals surface area contributed by atoms with Crippen LogP contribution in [0.25, 0.3) is 0 Å². The summed E-state index contributed by atoms with van der Waals surface area (Å²) in [5.74, 6) is 0.444. The predicted molar refractivity (Wildman–Crippen MR) is 122 cm³/mol. The summed E-state index contributed by atoms with van der Waals surface area (Å²) >= 11 is 0. The molecule has 0 unspecified atom stereocenters. The van der Waals surface area contributed by atoms with Gasteiger partial charge in [-0.15, -0.1) is 0 Å². The third-order valence-corrected chi connectivity index (χ3v) is 6.65. The van der Waals surface area contributed by atoms with E-state index >= 15 is 0 Å². The highest BCUT2D eigenvalue weighted by molar-refractivity contribution is 7.89. The van der Waals surface area contributed by atoms with Crippen LogP contribution in [0.4, 0.5) is 5.69 Å². The molecule has 0 spiro atoms.